The highest BCUT2D eigenvalue weighted by Gasteiger charge is 2.17. The second-order valence-electron chi connectivity index (χ2n) is 3.89. The van der Waals surface area contributed by atoms with Gasteiger partial charge >= 0.3 is 0 Å². The largest absolute Gasteiger partial charge is 0.361 e. The molecule has 86 valence electrons. The predicted molar refractivity (Wildman–Crippen MR) is 69.7 cm³/mol. The van der Waals surface area contributed by atoms with E-state index in [1.165, 1.54) is 18.4 Å². The van der Waals surface area contributed by atoms with Gasteiger partial charge in [-0.1, -0.05) is 31.2 Å². The van der Waals surface area contributed by atoms with Crippen LogP contribution in [0.4, 0.5) is 0 Å². The fourth-order valence-corrected chi connectivity index (χ4v) is 2.79. The van der Waals surface area contributed by atoms with Crippen molar-refractivity contribution in [3.05, 3.63) is 30.1 Å². The molecule has 1 aromatic rings. The third kappa shape index (κ3) is 3.23. The van der Waals surface area contributed by atoms with Crippen LogP contribution in [0.1, 0.15) is 25.3 Å². The van der Waals surface area contributed by atoms with Gasteiger partial charge in [0.05, 0.1) is 6.54 Å². The van der Waals surface area contributed by atoms with Crippen LogP contribution in [0.25, 0.3) is 0 Å². The Morgan fingerprint density at radius 1 is 1.56 bits per heavy atom. The quantitative estimate of drug-likeness (QED) is 0.871. The van der Waals surface area contributed by atoms with Gasteiger partial charge in [-0.05, 0) is 18.1 Å². The van der Waals surface area contributed by atoms with Gasteiger partial charge in [0.2, 0.25) is 0 Å². The van der Waals surface area contributed by atoms with E-state index in [1.807, 2.05) is 24.0 Å². The summed E-state index contributed by atoms with van der Waals surface area (Å²) >= 11 is 1.87. The molecule has 0 spiro atoms. The molecule has 2 heterocycles. The molecule has 1 aliphatic rings. The van der Waals surface area contributed by atoms with Crippen LogP contribution in [0.5, 0.6) is 0 Å². The summed E-state index contributed by atoms with van der Waals surface area (Å²) < 4.78 is 0. The SMILES string of the molecule is CCCC1CN=C(NCc2cccnc2)S1. The lowest BCUT2D eigenvalue weighted by Gasteiger charge is -2.07. The molecule has 1 atom stereocenters. The second-order valence-corrected chi connectivity index (χ2v) is 5.18. The molecule has 2 rings (SSSR count). The number of hydrogen-bond donors (Lipinski definition) is 1. The van der Waals surface area contributed by atoms with Crippen LogP contribution in [0, 0.1) is 0 Å². The monoisotopic (exact) mass is 235 g/mol. The van der Waals surface area contributed by atoms with Crippen LogP contribution in [0.3, 0.4) is 0 Å². The summed E-state index contributed by atoms with van der Waals surface area (Å²) in [5.41, 5.74) is 1.20. The average Bonchev–Trinajstić information content (AvgIpc) is 2.76. The standard InChI is InChI=1S/C12H17N3S/c1-2-4-11-9-15-12(16-11)14-8-10-5-3-6-13-7-10/h3,5-7,11H,2,4,8-9H2,1H3,(H,14,15). The summed E-state index contributed by atoms with van der Waals surface area (Å²) in [7, 11) is 0. The third-order valence-corrected chi connectivity index (χ3v) is 3.71. The lowest BCUT2D eigenvalue weighted by atomic mass is 10.2. The third-order valence-electron chi connectivity index (χ3n) is 2.49. The van der Waals surface area contributed by atoms with E-state index in [0.717, 1.165) is 18.3 Å². The second kappa shape index (κ2) is 5.89. The Labute approximate surface area is 101 Å². The van der Waals surface area contributed by atoms with Gasteiger partial charge in [0, 0.05) is 24.2 Å². The minimum atomic E-state index is 0.682. The van der Waals surface area contributed by atoms with Gasteiger partial charge in [-0.15, -0.1) is 0 Å². The molecular formula is C12H17N3S. The topological polar surface area (TPSA) is 37.3 Å². The molecule has 1 aromatic heterocycles. The summed E-state index contributed by atoms with van der Waals surface area (Å²) in [5.74, 6) is 0. The van der Waals surface area contributed by atoms with Crippen LogP contribution in [-0.4, -0.2) is 21.9 Å². The van der Waals surface area contributed by atoms with Gasteiger partial charge in [-0.3, -0.25) is 9.98 Å². The van der Waals surface area contributed by atoms with E-state index < -0.39 is 0 Å². The van der Waals surface area contributed by atoms with Crippen molar-refractivity contribution in [1.82, 2.24) is 10.3 Å². The highest BCUT2D eigenvalue weighted by atomic mass is 32.2. The molecule has 0 radical (unpaired) electrons. The maximum Gasteiger partial charge on any atom is 0.157 e. The lowest BCUT2D eigenvalue weighted by Crippen LogP contribution is -2.18. The number of aliphatic imine (C=N–C) groups is 1. The Kier molecular flexibility index (Phi) is 4.22. The summed E-state index contributed by atoms with van der Waals surface area (Å²) in [4.78, 5) is 8.59. The van der Waals surface area contributed by atoms with Gasteiger partial charge in [0.1, 0.15) is 0 Å². The Morgan fingerprint density at radius 2 is 2.50 bits per heavy atom. The van der Waals surface area contributed by atoms with E-state index >= 15 is 0 Å². The minimum absolute atomic E-state index is 0.682. The molecule has 16 heavy (non-hydrogen) atoms. The Balaban J connectivity index is 1.76. The number of amidine groups is 1. The average molecular weight is 235 g/mol. The van der Waals surface area contributed by atoms with Gasteiger partial charge < -0.3 is 5.32 Å². The van der Waals surface area contributed by atoms with Crippen molar-refractivity contribution in [2.45, 2.75) is 31.6 Å². The van der Waals surface area contributed by atoms with Crippen molar-refractivity contribution < 1.29 is 0 Å². The smallest absolute Gasteiger partial charge is 0.157 e. The summed E-state index contributed by atoms with van der Waals surface area (Å²) in [6.45, 7) is 4.01. The van der Waals surface area contributed by atoms with Crippen molar-refractivity contribution in [2.24, 2.45) is 4.99 Å². The number of aromatic nitrogens is 1. The number of rotatable bonds is 4. The maximum absolute atomic E-state index is 4.50. The molecule has 0 aliphatic carbocycles. The van der Waals surface area contributed by atoms with Crippen LogP contribution in [-0.2, 0) is 6.54 Å². The zero-order chi connectivity index (χ0) is 11.2. The molecule has 4 heteroatoms. The van der Waals surface area contributed by atoms with E-state index in [1.54, 1.807) is 6.20 Å². The Hall–Kier alpha value is -1.03. The van der Waals surface area contributed by atoms with E-state index in [0.29, 0.717) is 5.25 Å². The van der Waals surface area contributed by atoms with E-state index in [4.69, 9.17) is 0 Å². The lowest BCUT2D eigenvalue weighted by molar-refractivity contribution is 0.753. The van der Waals surface area contributed by atoms with Crippen LogP contribution in [0.2, 0.25) is 0 Å². The molecule has 0 saturated heterocycles. The first-order valence-electron chi connectivity index (χ1n) is 5.72. The zero-order valence-corrected chi connectivity index (χ0v) is 10.3. The van der Waals surface area contributed by atoms with Crippen molar-refractivity contribution in [3.63, 3.8) is 0 Å². The molecule has 0 amide bonds. The van der Waals surface area contributed by atoms with E-state index in [-0.39, 0.29) is 0 Å². The van der Waals surface area contributed by atoms with Crippen molar-refractivity contribution in [1.29, 1.82) is 0 Å². The summed E-state index contributed by atoms with van der Waals surface area (Å²) in [5, 5.41) is 5.13. The predicted octanol–water partition coefficient (Wildman–Crippen LogP) is 2.44. The maximum atomic E-state index is 4.50. The van der Waals surface area contributed by atoms with Gasteiger partial charge in [-0.2, -0.15) is 0 Å². The molecule has 0 saturated carbocycles. The van der Waals surface area contributed by atoms with Crippen LogP contribution < -0.4 is 5.32 Å². The number of nitrogens with one attached hydrogen (secondary N) is 1. The number of nitrogens with zero attached hydrogens (tertiary/aromatic N) is 2. The molecule has 0 bridgehead atoms. The zero-order valence-electron chi connectivity index (χ0n) is 9.52. The molecule has 0 aromatic carbocycles. The molecule has 3 nitrogen and oxygen atoms in total. The Bertz CT molecular complexity index is 351. The molecule has 1 N–H and O–H groups in total. The summed E-state index contributed by atoms with van der Waals surface area (Å²) in [6, 6.07) is 4.03. The van der Waals surface area contributed by atoms with E-state index in [2.05, 4.69) is 28.3 Å². The van der Waals surface area contributed by atoms with E-state index in [9.17, 15) is 0 Å². The normalized spacial score (nSPS) is 19.6. The number of thioether (sulfide) groups is 1. The van der Waals surface area contributed by atoms with Gasteiger partial charge in [-0.25, -0.2) is 0 Å². The fourth-order valence-electron chi connectivity index (χ4n) is 1.67. The fraction of sp³-hybridized carbons (Fsp3) is 0.500. The Morgan fingerprint density at radius 3 is 3.25 bits per heavy atom. The molecule has 1 unspecified atom stereocenters. The first-order valence-corrected chi connectivity index (χ1v) is 6.60. The van der Waals surface area contributed by atoms with Crippen molar-refractivity contribution in [3.8, 4) is 0 Å². The first-order chi connectivity index (χ1) is 7.88. The molecule has 1 aliphatic heterocycles. The highest BCUT2D eigenvalue weighted by Crippen LogP contribution is 2.23. The van der Waals surface area contributed by atoms with Gasteiger partial charge in [0.25, 0.3) is 0 Å². The number of pyridine rings is 1. The highest BCUT2D eigenvalue weighted by molar-refractivity contribution is 8.14. The minimum Gasteiger partial charge on any atom is -0.361 e. The van der Waals surface area contributed by atoms with Crippen LogP contribution in [0.15, 0.2) is 29.5 Å². The van der Waals surface area contributed by atoms with Crippen molar-refractivity contribution >= 4 is 16.9 Å². The summed E-state index contributed by atoms with van der Waals surface area (Å²) in [6.07, 6.45) is 6.18. The van der Waals surface area contributed by atoms with Gasteiger partial charge in [0.15, 0.2) is 5.17 Å². The van der Waals surface area contributed by atoms with Crippen molar-refractivity contribution in [2.75, 3.05) is 6.54 Å². The molecule has 0 fully saturated rings. The van der Waals surface area contributed by atoms with Crippen LogP contribution >= 0.6 is 11.8 Å². The first kappa shape index (κ1) is 11.5. The molecular weight excluding hydrogens is 218 g/mol. The number of hydrogen-bond acceptors (Lipinski definition) is 4.